The van der Waals surface area contributed by atoms with Crippen LogP contribution in [0.5, 0.6) is 0 Å². The van der Waals surface area contributed by atoms with Gasteiger partial charge < -0.3 is 9.73 Å². The maximum absolute atomic E-state index is 13.3. The van der Waals surface area contributed by atoms with E-state index in [2.05, 4.69) is 15.4 Å². The molecule has 1 aliphatic heterocycles. The summed E-state index contributed by atoms with van der Waals surface area (Å²) < 4.78 is 46.5. The zero-order valence-electron chi connectivity index (χ0n) is 15.9. The molecule has 0 radical (unpaired) electrons. The number of hydrogen-bond acceptors (Lipinski definition) is 5. The second-order valence-electron chi connectivity index (χ2n) is 7.58. The van der Waals surface area contributed by atoms with Crippen LogP contribution < -0.4 is 5.32 Å². The molecule has 30 heavy (non-hydrogen) atoms. The maximum atomic E-state index is 13.3. The molecule has 2 aliphatic rings. The van der Waals surface area contributed by atoms with E-state index in [1.165, 1.54) is 0 Å². The van der Waals surface area contributed by atoms with Crippen molar-refractivity contribution in [2.45, 2.75) is 37.9 Å². The van der Waals surface area contributed by atoms with Gasteiger partial charge in [0.15, 0.2) is 5.78 Å². The Hall–Kier alpha value is -3.36. The molecule has 0 saturated carbocycles. The smallest absolute Gasteiger partial charge is 0.453 e. The van der Waals surface area contributed by atoms with E-state index >= 15 is 0 Å². The molecule has 0 spiro atoms. The Morgan fingerprint density at radius 3 is 2.60 bits per heavy atom. The van der Waals surface area contributed by atoms with Gasteiger partial charge in [0.2, 0.25) is 5.95 Å². The summed E-state index contributed by atoms with van der Waals surface area (Å²) in [6.45, 7) is 1.92. The lowest BCUT2D eigenvalue weighted by Gasteiger charge is -2.34. The second-order valence-corrected chi connectivity index (χ2v) is 7.58. The van der Waals surface area contributed by atoms with Crippen molar-refractivity contribution in [3.8, 4) is 0 Å². The number of aryl methyl sites for hydroxylation is 1. The first kappa shape index (κ1) is 18.7. The van der Waals surface area contributed by atoms with Crippen LogP contribution in [0, 0.1) is 6.92 Å². The molecule has 5 rings (SSSR count). The molecule has 1 aliphatic carbocycles. The molecule has 2 aromatic heterocycles. The average Bonchev–Trinajstić information content (AvgIpc) is 3.36. The fourth-order valence-electron chi connectivity index (χ4n) is 4.11. The fraction of sp³-hybridized carbons (Fsp3) is 0.286. The highest BCUT2D eigenvalue weighted by atomic mass is 19.4. The second kappa shape index (κ2) is 6.58. The number of allylic oxidation sites excluding steroid dienone is 2. The van der Waals surface area contributed by atoms with Crippen molar-refractivity contribution in [3.63, 3.8) is 0 Å². The number of alkyl halides is 3. The lowest BCUT2D eigenvalue weighted by molar-refractivity contribution is -0.145. The molecule has 154 valence electrons. The van der Waals surface area contributed by atoms with Crippen LogP contribution in [0.4, 0.5) is 19.1 Å². The van der Waals surface area contributed by atoms with Gasteiger partial charge in [0.05, 0.1) is 6.26 Å². The van der Waals surface area contributed by atoms with Crippen LogP contribution in [0.3, 0.4) is 0 Å². The quantitative estimate of drug-likeness (QED) is 0.663. The number of carbonyl (C=O) groups excluding carboxylic acids is 1. The first-order valence-electron chi connectivity index (χ1n) is 9.48. The molecule has 0 saturated heterocycles. The maximum Gasteiger partial charge on any atom is 0.453 e. The number of halogens is 3. The number of Topliss-reactive ketones (excluding diaryl/α,β-unsaturated/α-hetero) is 1. The number of benzene rings is 1. The Morgan fingerprint density at radius 1 is 1.17 bits per heavy atom. The Morgan fingerprint density at radius 2 is 1.93 bits per heavy atom. The molecule has 0 unspecified atom stereocenters. The van der Waals surface area contributed by atoms with Gasteiger partial charge in [-0.1, -0.05) is 29.8 Å². The van der Waals surface area contributed by atoms with Crippen molar-refractivity contribution < 1.29 is 22.4 Å². The standard InChI is InChI=1S/C21H17F3N4O2/c1-11-4-6-12(7-5-11)18-17-14(9-13(10-15(17)29)16-3-2-8-30-16)25-20-26-19(21(22,23)24)27-28(18)20/h2-8,13,18H,9-10H2,1H3,(H,25,26,27)/t13-,18+/m0/s1. The van der Waals surface area contributed by atoms with E-state index < -0.39 is 18.0 Å². The summed E-state index contributed by atoms with van der Waals surface area (Å²) in [7, 11) is 0. The number of anilines is 1. The van der Waals surface area contributed by atoms with Crippen LogP contribution in [-0.4, -0.2) is 20.5 Å². The molecule has 1 N–H and O–H groups in total. The van der Waals surface area contributed by atoms with E-state index in [0.29, 0.717) is 29.0 Å². The highest BCUT2D eigenvalue weighted by molar-refractivity contribution is 6.00. The van der Waals surface area contributed by atoms with Gasteiger partial charge >= 0.3 is 6.18 Å². The molecule has 0 bridgehead atoms. The number of rotatable bonds is 2. The third-order valence-electron chi connectivity index (χ3n) is 5.51. The van der Waals surface area contributed by atoms with Gasteiger partial charge in [-0.15, -0.1) is 5.10 Å². The van der Waals surface area contributed by atoms with E-state index in [1.807, 2.05) is 19.1 Å². The first-order chi connectivity index (χ1) is 14.3. The monoisotopic (exact) mass is 414 g/mol. The summed E-state index contributed by atoms with van der Waals surface area (Å²) in [5.41, 5.74) is 2.67. The molecule has 3 heterocycles. The number of nitrogens with one attached hydrogen (secondary N) is 1. The average molecular weight is 414 g/mol. The molecule has 3 aromatic rings. The zero-order valence-corrected chi connectivity index (χ0v) is 15.9. The summed E-state index contributed by atoms with van der Waals surface area (Å²) in [4.78, 5) is 16.8. The minimum Gasteiger partial charge on any atom is -0.469 e. The largest absolute Gasteiger partial charge is 0.469 e. The third-order valence-corrected chi connectivity index (χ3v) is 5.51. The minimum absolute atomic E-state index is 0.0282. The van der Waals surface area contributed by atoms with E-state index in [0.717, 1.165) is 10.2 Å². The van der Waals surface area contributed by atoms with E-state index in [-0.39, 0.29) is 24.1 Å². The highest BCUT2D eigenvalue weighted by Gasteiger charge is 2.43. The van der Waals surface area contributed by atoms with Gasteiger partial charge in [0, 0.05) is 23.6 Å². The predicted octanol–water partition coefficient (Wildman–Crippen LogP) is 4.61. The summed E-state index contributed by atoms with van der Waals surface area (Å²) in [6, 6.07) is 10.1. The SMILES string of the molecule is Cc1ccc([C@@H]2C3=C(C[C@H](c4ccco4)CC3=O)Nc3nc(C(F)(F)F)nn32)cc1. The van der Waals surface area contributed by atoms with Crippen LogP contribution in [0.15, 0.2) is 58.3 Å². The number of fused-ring (bicyclic) bond motifs is 1. The Bertz CT molecular complexity index is 1140. The number of carbonyl (C=O) groups is 1. The molecule has 9 heteroatoms. The Labute approximate surface area is 169 Å². The van der Waals surface area contributed by atoms with Gasteiger partial charge in [-0.05, 0) is 31.0 Å². The molecule has 1 aromatic carbocycles. The number of aromatic nitrogens is 3. The van der Waals surface area contributed by atoms with Crippen molar-refractivity contribution >= 4 is 11.7 Å². The lowest BCUT2D eigenvalue weighted by Crippen LogP contribution is -2.33. The summed E-state index contributed by atoms with van der Waals surface area (Å²) in [5, 5.41) is 6.64. The van der Waals surface area contributed by atoms with Crippen molar-refractivity contribution in [3.05, 3.63) is 76.6 Å². The topological polar surface area (TPSA) is 73.0 Å². The van der Waals surface area contributed by atoms with Gasteiger partial charge in [-0.3, -0.25) is 4.79 Å². The molecule has 0 amide bonds. The number of furan rings is 1. The van der Waals surface area contributed by atoms with E-state index in [1.54, 1.807) is 30.5 Å². The molecule has 6 nitrogen and oxygen atoms in total. The van der Waals surface area contributed by atoms with Crippen LogP contribution >= 0.6 is 0 Å². The van der Waals surface area contributed by atoms with Gasteiger partial charge in [0.1, 0.15) is 11.8 Å². The highest BCUT2D eigenvalue weighted by Crippen LogP contribution is 2.44. The lowest BCUT2D eigenvalue weighted by atomic mass is 9.79. The molecule has 2 atom stereocenters. The molecular formula is C21H17F3N4O2. The normalized spacial score (nSPS) is 21.3. The Balaban J connectivity index is 1.64. The van der Waals surface area contributed by atoms with Crippen LogP contribution in [0.25, 0.3) is 0 Å². The van der Waals surface area contributed by atoms with Gasteiger partial charge in [0.25, 0.3) is 5.82 Å². The minimum atomic E-state index is -4.69. The van der Waals surface area contributed by atoms with Crippen molar-refractivity contribution in [2.24, 2.45) is 0 Å². The zero-order chi connectivity index (χ0) is 21.0. The van der Waals surface area contributed by atoms with Gasteiger partial charge in [-0.25, -0.2) is 4.68 Å². The molecular weight excluding hydrogens is 397 g/mol. The van der Waals surface area contributed by atoms with Gasteiger partial charge in [-0.2, -0.15) is 18.2 Å². The summed E-state index contributed by atoms with van der Waals surface area (Å²) in [6.07, 6.45) is -2.50. The van der Waals surface area contributed by atoms with Crippen molar-refractivity contribution in [2.75, 3.05) is 5.32 Å². The van der Waals surface area contributed by atoms with Crippen LogP contribution in [0.2, 0.25) is 0 Å². The third kappa shape index (κ3) is 3.01. The predicted molar refractivity (Wildman–Crippen MR) is 101 cm³/mol. The Kier molecular flexibility index (Phi) is 4.09. The summed E-state index contributed by atoms with van der Waals surface area (Å²) in [5.74, 6) is -0.928. The number of ketones is 1. The summed E-state index contributed by atoms with van der Waals surface area (Å²) >= 11 is 0. The van der Waals surface area contributed by atoms with Crippen molar-refractivity contribution in [1.29, 1.82) is 0 Å². The fourth-order valence-corrected chi connectivity index (χ4v) is 4.11. The van der Waals surface area contributed by atoms with E-state index in [9.17, 15) is 18.0 Å². The molecule has 0 fully saturated rings. The number of hydrogen-bond donors (Lipinski definition) is 1. The van der Waals surface area contributed by atoms with Crippen LogP contribution in [-0.2, 0) is 11.0 Å². The van der Waals surface area contributed by atoms with Crippen LogP contribution in [0.1, 0.15) is 47.5 Å². The van der Waals surface area contributed by atoms with E-state index in [4.69, 9.17) is 4.42 Å². The van der Waals surface area contributed by atoms with Crippen molar-refractivity contribution in [1.82, 2.24) is 14.8 Å². The first-order valence-corrected chi connectivity index (χ1v) is 9.48. The number of nitrogens with zero attached hydrogens (tertiary/aromatic N) is 3.